The molecule has 0 saturated carbocycles. The molecule has 0 radical (unpaired) electrons. The first-order valence-electron chi connectivity index (χ1n) is 8.58. The number of aromatic nitrogens is 2. The van der Waals surface area contributed by atoms with Crippen molar-refractivity contribution in [3.05, 3.63) is 69.6 Å². The summed E-state index contributed by atoms with van der Waals surface area (Å²) in [5.74, 6) is -0.229. The summed E-state index contributed by atoms with van der Waals surface area (Å²) in [5.41, 5.74) is 3.32. The summed E-state index contributed by atoms with van der Waals surface area (Å²) in [4.78, 5) is 17.4. The Kier molecular flexibility index (Phi) is 4.47. The second kappa shape index (κ2) is 6.81. The Morgan fingerprint density at radius 2 is 2.07 bits per heavy atom. The molecule has 0 bridgehead atoms. The molecule has 1 aliphatic heterocycles. The maximum Gasteiger partial charge on any atom is 0.338 e. The van der Waals surface area contributed by atoms with Crippen LogP contribution in [-0.4, -0.2) is 22.1 Å². The Balaban J connectivity index is 2.03. The number of imidazole rings is 1. The number of fused-ring (bicyclic) bond motifs is 3. The number of nitrogens with zero attached hydrogens (tertiary/aromatic N) is 2. The first-order chi connectivity index (χ1) is 13.0. The number of esters is 1. The second-order valence-electron chi connectivity index (χ2n) is 6.22. The van der Waals surface area contributed by atoms with Gasteiger partial charge in [0, 0.05) is 5.70 Å². The molecule has 0 aliphatic carbocycles. The van der Waals surface area contributed by atoms with Crippen molar-refractivity contribution in [1.82, 2.24) is 9.55 Å². The number of carbonyl (C=O) groups excluding carboxylic acids is 1. The molecule has 2 heterocycles. The van der Waals surface area contributed by atoms with Crippen LogP contribution in [0.1, 0.15) is 25.5 Å². The van der Waals surface area contributed by atoms with Crippen LogP contribution >= 0.6 is 15.9 Å². The SMILES string of the molecule is CCOC(=O)C1=C(C)Nc2nc3ccccc3n2[C@@H]1c1cccc(F)c1Br. The Morgan fingerprint density at radius 3 is 2.85 bits per heavy atom. The number of ether oxygens (including phenoxy) is 1. The number of allylic oxidation sites excluding steroid dienone is 1. The lowest BCUT2D eigenvalue weighted by Crippen LogP contribution is -2.29. The summed E-state index contributed by atoms with van der Waals surface area (Å²) < 4.78 is 21.8. The van der Waals surface area contributed by atoms with Gasteiger partial charge in [-0.05, 0) is 53.5 Å². The van der Waals surface area contributed by atoms with Gasteiger partial charge in [-0.1, -0.05) is 24.3 Å². The highest BCUT2D eigenvalue weighted by molar-refractivity contribution is 9.10. The van der Waals surface area contributed by atoms with Crippen molar-refractivity contribution in [2.24, 2.45) is 0 Å². The van der Waals surface area contributed by atoms with Gasteiger partial charge in [-0.15, -0.1) is 0 Å². The van der Waals surface area contributed by atoms with Gasteiger partial charge in [0.15, 0.2) is 0 Å². The van der Waals surface area contributed by atoms with Crippen molar-refractivity contribution in [2.45, 2.75) is 19.9 Å². The van der Waals surface area contributed by atoms with Gasteiger partial charge in [0.05, 0.1) is 33.7 Å². The number of hydrogen-bond acceptors (Lipinski definition) is 4. The minimum Gasteiger partial charge on any atom is -0.463 e. The quantitative estimate of drug-likeness (QED) is 0.608. The average Bonchev–Trinajstić information content (AvgIpc) is 3.01. The average molecular weight is 430 g/mol. The van der Waals surface area contributed by atoms with Gasteiger partial charge >= 0.3 is 5.97 Å². The molecule has 1 N–H and O–H groups in total. The zero-order valence-electron chi connectivity index (χ0n) is 14.8. The molecule has 2 aromatic carbocycles. The van der Waals surface area contributed by atoms with Crippen LogP contribution in [0.25, 0.3) is 11.0 Å². The Morgan fingerprint density at radius 1 is 1.30 bits per heavy atom. The predicted molar refractivity (Wildman–Crippen MR) is 105 cm³/mol. The van der Waals surface area contributed by atoms with E-state index in [2.05, 4.69) is 26.2 Å². The third kappa shape index (κ3) is 2.82. The van der Waals surface area contributed by atoms with E-state index in [1.807, 2.05) is 28.8 Å². The van der Waals surface area contributed by atoms with Crippen molar-refractivity contribution < 1.29 is 13.9 Å². The van der Waals surface area contributed by atoms with Gasteiger partial charge in [-0.2, -0.15) is 0 Å². The number of benzene rings is 2. The molecule has 3 aromatic rings. The Bertz CT molecular complexity index is 1090. The number of carbonyl (C=O) groups is 1. The van der Waals surface area contributed by atoms with E-state index >= 15 is 0 Å². The molecule has 0 saturated heterocycles. The molecule has 1 atom stereocenters. The van der Waals surface area contributed by atoms with E-state index in [4.69, 9.17) is 4.74 Å². The first kappa shape index (κ1) is 17.7. The van der Waals surface area contributed by atoms with Gasteiger partial charge in [-0.25, -0.2) is 14.2 Å². The molecule has 7 heteroatoms. The summed E-state index contributed by atoms with van der Waals surface area (Å²) in [7, 11) is 0. The minimum atomic E-state index is -0.572. The molecule has 0 amide bonds. The zero-order valence-corrected chi connectivity index (χ0v) is 16.4. The highest BCUT2D eigenvalue weighted by Crippen LogP contribution is 2.42. The Hall–Kier alpha value is -2.67. The summed E-state index contributed by atoms with van der Waals surface area (Å²) in [6, 6.07) is 11.9. The van der Waals surface area contributed by atoms with Gasteiger partial charge in [-0.3, -0.25) is 4.57 Å². The van der Waals surface area contributed by atoms with E-state index < -0.39 is 17.8 Å². The molecule has 138 valence electrons. The van der Waals surface area contributed by atoms with E-state index in [1.165, 1.54) is 6.07 Å². The molecule has 4 rings (SSSR count). The number of rotatable bonds is 3. The van der Waals surface area contributed by atoms with E-state index in [0.29, 0.717) is 27.3 Å². The first-order valence-corrected chi connectivity index (χ1v) is 9.38. The zero-order chi connectivity index (χ0) is 19.1. The van der Waals surface area contributed by atoms with Crippen molar-refractivity contribution >= 4 is 38.9 Å². The largest absolute Gasteiger partial charge is 0.463 e. The molecule has 0 spiro atoms. The topological polar surface area (TPSA) is 56.1 Å². The molecule has 0 unspecified atom stereocenters. The van der Waals surface area contributed by atoms with Crippen LogP contribution < -0.4 is 5.32 Å². The van der Waals surface area contributed by atoms with Crippen molar-refractivity contribution in [1.29, 1.82) is 0 Å². The molecular weight excluding hydrogens is 413 g/mol. The van der Waals surface area contributed by atoms with Gasteiger partial charge in [0.1, 0.15) is 5.82 Å². The number of nitrogens with one attached hydrogen (secondary N) is 1. The highest BCUT2D eigenvalue weighted by atomic mass is 79.9. The lowest BCUT2D eigenvalue weighted by Gasteiger charge is -2.30. The number of para-hydroxylation sites is 2. The van der Waals surface area contributed by atoms with Crippen LogP contribution in [0.15, 0.2) is 58.2 Å². The fourth-order valence-electron chi connectivity index (χ4n) is 3.46. The molecule has 5 nitrogen and oxygen atoms in total. The van der Waals surface area contributed by atoms with Crippen LogP contribution in [0.3, 0.4) is 0 Å². The maximum absolute atomic E-state index is 14.3. The monoisotopic (exact) mass is 429 g/mol. The molecule has 1 aliphatic rings. The van der Waals surface area contributed by atoms with Crippen molar-refractivity contribution in [3.63, 3.8) is 0 Å². The third-order valence-electron chi connectivity index (χ3n) is 4.60. The smallest absolute Gasteiger partial charge is 0.338 e. The minimum absolute atomic E-state index is 0.254. The lowest BCUT2D eigenvalue weighted by atomic mass is 9.95. The molecule has 0 fully saturated rings. The summed E-state index contributed by atoms with van der Waals surface area (Å²) in [6.07, 6.45) is 0. The standard InChI is InChI=1S/C20H17BrFN3O2/c1-3-27-19(26)16-11(2)23-20-24-14-9-4-5-10-15(14)25(20)18(16)12-7-6-8-13(22)17(12)21/h4-10,18H,3H2,1-2H3,(H,23,24)/t18-/m1/s1. The van der Waals surface area contributed by atoms with Crippen LogP contribution in [-0.2, 0) is 9.53 Å². The van der Waals surface area contributed by atoms with E-state index in [0.717, 1.165) is 11.0 Å². The highest BCUT2D eigenvalue weighted by Gasteiger charge is 2.36. The van der Waals surface area contributed by atoms with Crippen LogP contribution in [0, 0.1) is 5.82 Å². The number of anilines is 1. The van der Waals surface area contributed by atoms with Crippen LogP contribution in [0.2, 0.25) is 0 Å². The molecular formula is C20H17BrFN3O2. The molecule has 1 aromatic heterocycles. The number of hydrogen-bond donors (Lipinski definition) is 1. The fourth-order valence-corrected chi connectivity index (χ4v) is 3.94. The van der Waals surface area contributed by atoms with Gasteiger partial charge in [0.25, 0.3) is 0 Å². The van der Waals surface area contributed by atoms with E-state index in [1.54, 1.807) is 26.0 Å². The van der Waals surface area contributed by atoms with Gasteiger partial charge in [0.2, 0.25) is 5.95 Å². The number of halogens is 2. The van der Waals surface area contributed by atoms with E-state index in [9.17, 15) is 9.18 Å². The lowest BCUT2D eigenvalue weighted by molar-refractivity contribution is -0.139. The fraction of sp³-hybridized carbons (Fsp3) is 0.200. The maximum atomic E-state index is 14.3. The van der Waals surface area contributed by atoms with Gasteiger partial charge < -0.3 is 10.1 Å². The summed E-state index contributed by atoms with van der Waals surface area (Å²) in [5, 5.41) is 3.19. The normalized spacial score (nSPS) is 16.2. The van der Waals surface area contributed by atoms with Crippen molar-refractivity contribution in [2.75, 3.05) is 11.9 Å². The van der Waals surface area contributed by atoms with Crippen LogP contribution in [0.5, 0.6) is 0 Å². The van der Waals surface area contributed by atoms with Crippen LogP contribution in [0.4, 0.5) is 10.3 Å². The Labute approximate surface area is 164 Å². The predicted octanol–water partition coefficient (Wildman–Crippen LogP) is 4.79. The van der Waals surface area contributed by atoms with E-state index in [-0.39, 0.29) is 6.61 Å². The van der Waals surface area contributed by atoms with Crippen molar-refractivity contribution in [3.8, 4) is 0 Å². The molecule has 27 heavy (non-hydrogen) atoms. The second-order valence-corrected chi connectivity index (χ2v) is 7.02. The summed E-state index contributed by atoms with van der Waals surface area (Å²) >= 11 is 3.35. The summed E-state index contributed by atoms with van der Waals surface area (Å²) in [6.45, 7) is 3.81. The third-order valence-corrected chi connectivity index (χ3v) is 5.44.